The maximum atomic E-state index is 6.20. The van der Waals surface area contributed by atoms with Crippen LogP contribution in [0.5, 0.6) is 0 Å². The summed E-state index contributed by atoms with van der Waals surface area (Å²) in [6.07, 6.45) is 4.69. The molecule has 0 spiro atoms. The molecule has 0 amide bonds. The molecule has 0 saturated carbocycles. The number of anilines is 1. The predicted octanol–water partition coefficient (Wildman–Crippen LogP) is 5.67. The molecule has 0 aliphatic heterocycles. The molecule has 5 nitrogen and oxygen atoms in total. The predicted molar refractivity (Wildman–Crippen MR) is 125 cm³/mol. The first-order chi connectivity index (χ1) is 14.7. The summed E-state index contributed by atoms with van der Waals surface area (Å²) in [5, 5.41) is 0.772. The molecule has 0 radical (unpaired) electrons. The molecule has 4 aromatic rings. The van der Waals surface area contributed by atoms with Gasteiger partial charge in [0.25, 0.3) is 0 Å². The van der Waals surface area contributed by atoms with Gasteiger partial charge in [-0.25, -0.2) is 15.0 Å². The SMILES string of the molecule is COCCCCc1ccc(-c2cc(-c3cccc(Br)c3)c3c(N)ncnc3n2)cc1. The molecule has 30 heavy (non-hydrogen) atoms. The Hall–Kier alpha value is -2.83. The van der Waals surface area contributed by atoms with Gasteiger partial charge in [-0.05, 0) is 54.2 Å². The minimum Gasteiger partial charge on any atom is -0.385 e. The van der Waals surface area contributed by atoms with Crippen LogP contribution in [0.1, 0.15) is 18.4 Å². The molecule has 0 saturated heterocycles. The summed E-state index contributed by atoms with van der Waals surface area (Å²) in [4.78, 5) is 13.3. The summed E-state index contributed by atoms with van der Waals surface area (Å²) in [7, 11) is 1.74. The Balaban J connectivity index is 1.73. The zero-order valence-corrected chi connectivity index (χ0v) is 18.4. The zero-order valence-electron chi connectivity index (χ0n) is 16.8. The van der Waals surface area contributed by atoms with Gasteiger partial charge in [0.2, 0.25) is 0 Å². The zero-order chi connectivity index (χ0) is 20.9. The van der Waals surface area contributed by atoms with Crippen LogP contribution < -0.4 is 5.73 Å². The highest BCUT2D eigenvalue weighted by molar-refractivity contribution is 9.10. The van der Waals surface area contributed by atoms with Crippen molar-refractivity contribution in [1.82, 2.24) is 15.0 Å². The smallest absolute Gasteiger partial charge is 0.165 e. The third kappa shape index (κ3) is 4.50. The molecule has 0 aliphatic rings. The van der Waals surface area contributed by atoms with E-state index in [-0.39, 0.29) is 0 Å². The molecule has 0 unspecified atom stereocenters. The number of hydrogen-bond donors (Lipinski definition) is 1. The molecular formula is C24H23BrN4O. The van der Waals surface area contributed by atoms with Crippen molar-refractivity contribution in [2.45, 2.75) is 19.3 Å². The monoisotopic (exact) mass is 462 g/mol. The van der Waals surface area contributed by atoms with E-state index in [1.54, 1.807) is 7.11 Å². The summed E-state index contributed by atoms with van der Waals surface area (Å²) in [5.41, 5.74) is 12.0. The molecule has 2 heterocycles. The third-order valence-corrected chi connectivity index (χ3v) is 5.58. The first-order valence-electron chi connectivity index (χ1n) is 9.91. The molecule has 6 heteroatoms. The Morgan fingerprint density at radius 2 is 1.80 bits per heavy atom. The Morgan fingerprint density at radius 1 is 0.967 bits per heavy atom. The summed E-state index contributed by atoms with van der Waals surface area (Å²) < 4.78 is 6.12. The molecule has 0 atom stereocenters. The third-order valence-electron chi connectivity index (χ3n) is 5.08. The minimum absolute atomic E-state index is 0.431. The number of methoxy groups -OCH3 is 1. The quantitative estimate of drug-likeness (QED) is 0.358. The highest BCUT2D eigenvalue weighted by Crippen LogP contribution is 2.34. The number of aryl methyl sites for hydroxylation is 1. The average molecular weight is 463 g/mol. The van der Waals surface area contributed by atoms with Crippen molar-refractivity contribution < 1.29 is 4.74 Å². The van der Waals surface area contributed by atoms with Crippen LogP contribution in [0.2, 0.25) is 0 Å². The first-order valence-corrected chi connectivity index (χ1v) is 10.7. The van der Waals surface area contributed by atoms with Crippen LogP contribution in [0.25, 0.3) is 33.4 Å². The van der Waals surface area contributed by atoms with Crippen LogP contribution in [0, 0.1) is 0 Å². The van der Waals surface area contributed by atoms with Crippen molar-refractivity contribution in [2.75, 3.05) is 19.5 Å². The van der Waals surface area contributed by atoms with Crippen molar-refractivity contribution in [1.29, 1.82) is 0 Å². The van der Waals surface area contributed by atoms with Crippen molar-refractivity contribution in [3.05, 3.63) is 71.0 Å². The van der Waals surface area contributed by atoms with Crippen LogP contribution in [0.15, 0.2) is 65.4 Å². The molecule has 0 fully saturated rings. The summed E-state index contributed by atoms with van der Waals surface area (Å²) >= 11 is 3.56. The van der Waals surface area contributed by atoms with Gasteiger partial charge in [0.15, 0.2) is 5.65 Å². The van der Waals surface area contributed by atoms with Crippen LogP contribution >= 0.6 is 15.9 Å². The van der Waals surface area contributed by atoms with E-state index in [1.807, 2.05) is 12.1 Å². The molecule has 2 aromatic carbocycles. The van der Waals surface area contributed by atoms with Gasteiger partial charge in [-0.1, -0.05) is 52.3 Å². The number of halogens is 1. The molecule has 0 bridgehead atoms. The van der Waals surface area contributed by atoms with Crippen molar-refractivity contribution >= 4 is 32.8 Å². The lowest BCUT2D eigenvalue weighted by molar-refractivity contribution is 0.193. The van der Waals surface area contributed by atoms with Gasteiger partial charge in [0.1, 0.15) is 12.1 Å². The number of pyridine rings is 1. The van der Waals surface area contributed by atoms with Crippen LogP contribution in [-0.4, -0.2) is 28.7 Å². The van der Waals surface area contributed by atoms with Crippen molar-refractivity contribution in [2.24, 2.45) is 0 Å². The van der Waals surface area contributed by atoms with E-state index in [0.717, 1.165) is 58.1 Å². The van der Waals surface area contributed by atoms with Crippen molar-refractivity contribution in [3.8, 4) is 22.4 Å². The lowest BCUT2D eigenvalue weighted by atomic mass is 9.99. The minimum atomic E-state index is 0.431. The Bertz CT molecular complexity index is 1160. The highest BCUT2D eigenvalue weighted by atomic mass is 79.9. The van der Waals surface area contributed by atoms with Gasteiger partial charge in [0, 0.05) is 23.8 Å². The van der Waals surface area contributed by atoms with Gasteiger partial charge in [-0.2, -0.15) is 0 Å². The fourth-order valence-electron chi connectivity index (χ4n) is 3.54. The average Bonchev–Trinajstić information content (AvgIpc) is 2.77. The van der Waals surface area contributed by atoms with Gasteiger partial charge in [-0.15, -0.1) is 0 Å². The largest absolute Gasteiger partial charge is 0.385 e. The number of unbranched alkanes of at least 4 members (excludes halogenated alkanes) is 1. The molecular weight excluding hydrogens is 440 g/mol. The lowest BCUT2D eigenvalue weighted by Crippen LogP contribution is -1.99. The van der Waals surface area contributed by atoms with E-state index in [1.165, 1.54) is 11.9 Å². The summed E-state index contributed by atoms with van der Waals surface area (Å²) in [6.45, 7) is 0.808. The van der Waals surface area contributed by atoms with Gasteiger partial charge >= 0.3 is 0 Å². The number of aromatic nitrogens is 3. The number of nitrogens with zero attached hydrogens (tertiary/aromatic N) is 3. The molecule has 2 N–H and O–H groups in total. The second-order valence-corrected chi connectivity index (χ2v) is 8.09. The Labute approximate surface area is 184 Å². The fraction of sp³-hybridized carbons (Fsp3) is 0.208. The Kier molecular flexibility index (Phi) is 6.35. The number of hydrogen-bond acceptors (Lipinski definition) is 5. The van der Waals surface area contributed by atoms with Gasteiger partial charge in [-0.3, -0.25) is 0 Å². The van der Waals surface area contributed by atoms with E-state index in [2.05, 4.69) is 68.4 Å². The van der Waals surface area contributed by atoms with Crippen molar-refractivity contribution in [3.63, 3.8) is 0 Å². The summed E-state index contributed by atoms with van der Waals surface area (Å²) in [5.74, 6) is 0.431. The normalized spacial score (nSPS) is 11.1. The second kappa shape index (κ2) is 9.32. The highest BCUT2D eigenvalue weighted by Gasteiger charge is 2.14. The van der Waals surface area contributed by atoms with E-state index in [9.17, 15) is 0 Å². The maximum Gasteiger partial charge on any atom is 0.165 e. The number of nitrogen functional groups attached to an aromatic ring is 1. The summed E-state index contributed by atoms with van der Waals surface area (Å²) in [6, 6.07) is 18.8. The number of ether oxygens (including phenoxy) is 1. The van der Waals surface area contributed by atoms with Crippen LogP contribution in [-0.2, 0) is 11.2 Å². The number of fused-ring (bicyclic) bond motifs is 1. The van der Waals surface area contributed by atoms with E-state index in [0.29, 0.717) is 11.5 Å². The number of nitrogens with two attached hydrogens (primary N) is 1. The molecule has 152 valence electrons. The number of rotatable bonds is 7. The topological polar surface area (TPSA) is 73.9 Å². The van der Waals surface area contributed by atoms with E-state index < -0.39 is 0 Å². The molecule has 0 aliphatic carbocycles. The second-order valence-electron chi connectivity index (χ2n) is 7.17. The molecule has 2 aromatic heterocycles. The van der Waals surface area contributed by atoms with Gasteiger partial charge < -0.3 is 10.5 Å². The van der Waals surface area contributed by atoms with Crippen LogP contribution in [0.4, 0.5) is 5.82 Å². The first kappa shape index (κ1) is 20.4. The fourth-order valence-corrected chi connectivity index (χ4v) is 3.94. The van der Waals surface area contributed by atoms with E-state index in [4.69, 9.17) is 15.5 Å². The lowest BCUT2D eigenvalue weighted by Gasteiger charge is -2.12. The number of benzene rings is 2. The maximum absolute atomic E-state index is 6.20. The standard InChI is InChI=1S/C24H23BrN4O/c1-30-12-3-2-5-16-8-10-17(11-9-16)21-14-20(18-6-4-7-19(25)13-18)22-23(26)27-15-28-24(22)29-21/h4,6-11,13-15H,2-3,5,12H2,1H3,(H2,26,27,28,29). The van der Waals surface area contributed by atoms with E-state index >= 15 is 0 Å². The van der Waals surface area contributed by atoms with Gasteiger partial charge in [0.05, 0.1) is 11.1 Å². The van der Waals surface area contributed by atoms with Crippen LogP contribution in [0.3, 0.4) is 0 Å². The molecule has 4 rings (SSSR count). The Morgan fingerprint density at radius 3 is 2.57 bits per heavy atom.